The van der Waals surface area contributed by atoms with Crippen LogP contribution in [0.5, 0.6) is 0 Å². The summed E-state index contributed by atoms with van der Waals surface area (Å²) in [5, 5.41) is 0. The van der Waals surface area contributed by atoms with E-state index in [9.17, 15) is 9.59 Å². The Morgan fingerprint density at radius 3 is 2.38 bits per heavy atom. The lowest BCUT2D eigenvalue weighted by Gasteiger charge is -2.06. The average Bonchev–Trinajstić information content (AvgIpc) is 2.11. The quantitative estimate of drug-likeness (QED) is 0.202. The minimum absolute atomic E-state index is 0.142. The lowest BCUT2D eigenvalue weighted by Crippen LogP contribution is -2.15. The van der Waals surface area contributed by atoms with Crippen LogP contribution < -0.4 is 0 Å². The van der Waals surface area contributed by atoms with E-state index in [0.29, 0.717) is 0 Å². The van der Waals surface area contributed by atoms with Crippen LogP contribution >= 0.6 is 7.82 Å². The second kappa shape index (κ2) is 8.96. The molecule has 0 aliphatic heterocycles. The van der Waals surface area contributed by atoms with Gasteiger partial charge in [0.25, 0.3) is 0 Å². The number of carbonyl (C=O) groups is 1. The molecule has 0 radical (unpaired) electrons. The number of hydrogen-bond donors (Lipinski definition) is 3. The van der Waals surface area contributed by atoms with Crippen molar-refractivity contribution in [1.82, 2.24) is 0 Å². The Morgan fingerprint density at radius 2 is 2.06 bits per heavy atom. The summed E-state index contributed by atoms with van der Waals surface area (Å²) in [6.45, 7) is 4.98. The van der Waals surface area contributed by atoms with Crippen LogP contribution in [0.15, 0.2) is 17.6 Å². The number of hydrogen-bond acceptors (Lipinski definition) is 5. The molecule has 9 heteroatoms. The number of nitrogens with zero attached hydrogens (tertiary/aromatic N) is 1. The molecule has 16 heavy (non-hydrogen) atoms. The molecule has 8 nitrogen and oxygen atoms in total. The molecule has 0 bridgehead atoms. The maximum Gasteiger partial charge on any atom is 0.466 e. The molecular formula is C7H12NO7P. The number of esters is 1. The zero-order chi connectivity index (χ0) is 13.2. The first kappa shape index (κ1) is 17.1. The Labute approximate surface area is 91.5 Å². The van der Waals surface area contributed by atoms with Crippen LogP contribution in [-0.2, 0) is 18.9 Å². The Balaban J connectivity index is 0. The van der Waals surface area contributed by atoms with Crippen molar-refractivity contribution in [3.05, 3.63) is 12.7 Å². The first-order valence-corrected chi connectivity index (χ1v) is 5.42. The topological polar surface area (TPSA) is 133 Å². The van der Waals surface area contributed by atoms with Crippen LogP contribution in [0, 0.1) is 0 Å². The molecule has 0 rings (SSSR count). The molecule has 92 valence electrons. The third kappa shape index (κ3) is 23.0. The van der Waals surface area contributed by atoms with Gasteiger partial charge in [0.2, 0.25) is 6.08 Å². The highest BCUT2D eigenvalue weighted by Crippen LogP contribution is 2.25. The second-order valence-corrected chi connectivity index (χ2v) is 3.42. The maximum absolute atomic E-state index is 10.5. The van der Waals surface area contributed by atoms with E-state index in [1.165, 1.54) is 6.08 Å². The maximum atomic E-state index is 10.5. The van der Waals surface area contributed by atoms with Crippen molar-refractivity contribution >= 4 is 19.9 Å². The smallest absolute Gasteiger partial charge is 0.458 e. The van der Waals surface area contributed by atoms with Gasteiger partial charge >= 0.3 is 13.8 Å². The molecule has 0 spiro atoms. The monoisotopic (exact) mass is 253 g/mol. The van der Waals surface area contributed by atoms with Gasteiger partial charge in [-0.2, -0.15) is 0 Å². The van der Waals surface area contributed by atoms with E-state index in [-0.39, 0.29) is 6.54 Å². The minimum atomic E-state index is -4.64. The molecule has 0 aromatic heterocycles. The first-order chi connectivity index (χ1) is 7.20. The van der Waals surface area contributed by atoms with Crippen LogP contribution in [0.2, 0.25) is 0 Å². The highest BCUT2D eigenvalue weighted by molar-refractivity contribution is 7.45. The lowest BCUT2D eigenvalue weighted by atomic mass is 10.4. The summed E-state index contributed by atoms with van der Waals surface area (Å²) < 4.78 is 13.6. The van der Waals surface area contributed by atoms with Gasteiger partial charge in [-0.1, -0.05) is 6.58 Å². The molecule has 0 aromatic rings. The van der Waals surface area contributed by atoms with Gasteiger partial charge in [-0.25, -0.2) is 19.1 Å². The molecule has 0 heterocycles. The Bertz CT molecular complexity index is 308. The van der Waals surface area contributed by atoms with E-state index in [2.05, 4.69) is 16.3 Å². The van der Waals surface area contributed by atoms with Gasteiger partial charge in [0.1, 0.15) is 6.10 Å². The summed E-state index contributed by atoms with van der Waals surface area (Å²) in [5.74, 6) is -0.515. The van der Waals surface area contributed by atoms with E-state index >= 15 is 0 Å². The van der Waals surface area contributed by atoms with Crippen molar-refractivity contribution in [1.29, 1.82) is 0 Å². The standard InChI is InChI=1S/C7H9NO3.H3O4P/c1-3-7(10)11-6(2)4-8-5-9;1-5(2,3)4/h3,6H,1,4H2,2H3;(H3,1,2,3,4). The van der Waals surface area contributed by atoms with Gasteiger partial charge in [0, 0.05) is 6.08 Å². The predicted molar refractivity (Wildman–Crippen MR) is 53.0 cm³/mol. The van der Waals surface area contributed by atoms with E-state index in [0.717, 1.165) is 6.08 Å². The highest BCUT2D eigenvalue weighted by atomic mass is 31.2. The summed E-state index contributed by atoms with van der Waals surface area (Å²) in [4.78, 5) is 44.9. The molecule has 0 saturated carbocycles. The van der Waals surface area contributed by atoms with E-state index < -0.39 is 19.9 Å². The molecular weight excluding hydrogens is 241 g/mol. The average molecular weight is 253 g/mol. The number of rotatable bonds is 4. The third-order valence-corrected chi connectivity index (χ3v) is 0.897. The molecule has 1 atom stereocenters. The third-order valence-electron chi connectivity index (χ3n) is 0.897. The molecule has 0 fully saturated rings. The summed E-state index contributed by atoms with van der Waals surface area (Å²) in [6, 6.07) is 0. The number of isocyanates is 1. The number of aliphatic imine (C=N–C) groups is 1. The van der Waals surface area contributed by atoms with Gasteiger partial charge in [-0.3, -0.25) is 0 Å². The van der Waals surface area contributed by atoms with Crippen molar-refractivity contribution in [2.24, 2.45) is 4.99 Å². The molecule has 0 aliphatic rings. The number of carbonyl (C=O) groups excluding carboxylic acids is 2. The molecule has 0 aliphatic carbocycles. The van der Waals surface area contributed by atoms with Gasteiger partial charge in [-0.05, 0) is 6.92 Å². The summed E-state index contributed by atoms with van der Waals surface area (Å²) in [5.41, 5.74) is 0. The summed E-state index contributed by atoms with van der Waals surface area (Å²) in [7, 11) is -4.64. The van der Waals surface area contributed by atoms with E-state index in [1.54, 1.807) is 6.92 Å². The second-order valence-electron chi connectivity index (χ2n) is 2.40. The van der Waals surface area contributed by atoms with Crippen molar-refractivity contribution in [2.75, 3.05) is 6.54 Å². The zero-order valence-electron chi connectivity index (χ0n) is 8.44. The van der Waals surface area contributed by atoms with Gasteiger partial charge in [-0.15, -0.1) is 0 Å². The van der Waals surface area contributed by atoms with Gasteiger partial charge in [0.15, 0.2) is 0 Å². The van der Waals surface area contributed by atoms with Crippen molar-refractivity contribution in [2.45, 2.75) is 13.0 Å². The minimum Gasteiger partial charge on any atom is -0.458 e. The summed E-state index contributed by atoms with van der Waals surface area (Å²) in [6.07, 6.45) is 2.00. The lowest BCUT2D eigenvalue weighted by molar-refractivity contribution is -0.141. The van der Waals surface area contributed by atoms with Crippen LogP contribution in [-0.4, -0.2) is 39.4 Å². The molecule has 0 amide bonds. The van der Waals surface area contributed by atoms with E-state index in [1.807, 2.05) is 0 Å². The Hall–Kier alpha value is -1.30. The highest BCUT2D eigenvalue weighted by Gasteiger charge is 2.03. The van der Waals surface area contributed by atoms with Crippen LogP contribution in [0.25, 0.3) is 0 Å². The molecule has 3 N–H and O–H groups in total. The molecule has 0 saturated heterocycles. The molecule has 1 unspecified atom stereocenters. The molecule has 0 aromatic carbocycles. The van der Waals surface area contributed by atoms with Crippen molar-refractivity contribution in [3.63, 3.8) is 0 Å². The SMILES string of the molecule is C=CC(=O)OC(C)CN=C=O.O=P(O)(O)O. The fraction of sp³-hybridized carbons (Fsp3) is 0.429. The number of ether oxygens (including phenoxy) is 1. The van der Waals surface area contributed by atoms with E-state index in [4.69, 9.17) is 19.2 Å². The van der Waals surface area contributed by atoms with Crippen LogP contribution in [0.3, 0.4) is 0 Å². The van der Waals surface area contributed by atoms with Crippen LogP contribution in [0.4, 0.5) is 0 Å². The fourth-order valence-corrected chi connectivity index (χ4v) is 0.449. The van der Waals surface area contributed by atoms with Gasteiger partial charge < -0.3 is 19.4 Å². The Morgan fingerprint density at radius 1 is 1.62 bits per heavy atom. The fourth-order valence-electron chi connectivity index (χ4n) is 0.449. The van der Waals surface area contributed by atoms with Crippen molar-refractivity contribution in [3.8, 4) is 0 Å². The summed E-state index contributed by atoms with van der Waals surface area (Å²) >= 11 is 0. The zero-order valence-corrected chi connectivity index (χ0v) is 9.33. The van der Waals surface area contributed by atoms with Crippen molar-refractivity contribution < 1.29 is 33.6 Å². The first-order valence-electron chi connectivity index (χ1n) is 3.85. The number of phosphoric acid groups is 1. The largest absolute Gasteiger partial charge is 0.466 e. The van der Waals surface area contributed by atoms with Gasteiger partial charge in [0.05, 0.1) is 6.54 Å². The predicted octanol–water partition coefficient (Wildman–Crippen LogP) is -0.489. The normalized spacial score (nSPS) is 11.2. The van der Waals surface area contributed by atoms with Crippen LogP contribution in [0.1, 0.15) is 6.92 Å². The Kier molecular flexibility index (Phi) is 9.58.